The molecule has 0 aromatic carbocycles. The molecule has 5 heteroatoms. The van der Waals surface area contributed by atoms with Crippen molar-refractivity contribution in [3.05, 3.63) is 0 Å². The van der Waals surface area contributed by atoms with Gasteiger partial charge in [-0.1, -0.05) is 58.3 Å². The number of nitrogens with one attached hydrogen (secondary N) is 1. The number of unbranched alkanes of at least 4 members (excludes halogenated alkanes) is 8. The number of piperidine rings is 1. The Morgan fingerprint density at radius 2 is 1.52 bits per heavy atom. The molecular weight excluding hydrogens is 336 g/mol. The highest BCUT2D eigenvalue weighted by Gasteiger charge is 2.08. The topological polar surface area (TPSA) is 41.6 Å². The zero-order valence-electron chi connectivity index (χ0n) is 16.4. The van der Waals surface area contributed by atoms with Gasteiger partial charge in [-0.3, -0.25) is 0 Å². The van der Waals surface area contributed by atoms with Crippen LogP contribution >= 0.6 is 12.4 Å². The lowest BCUT2D eigenvalue weighted by Crippen LogP contribution is -2.30. The van der Waals surface area contributed by atoms with Crippen LogP contribution in [0.3, 0.4) is 0 Å². The summed E-state index contributed by atoms with van der Waals surface area (Å²) in [4.78, 5) is 14.1. The normalized spacial score (nSPS) is 14.8. The Bertz CT molecular complexity index is 297. The summed E-state index contributed by atoms with van der Waals surface area (Å²) in [5.41, 5.74) is 0. The molecule has 1 N–H and O–H groups in total. The largest absolute Gasteiger partial charge is 0.450 e. The molecule has 0 unspecified atom stereocenters. The van der Waals surface area contributed by atoms with Gasteiger partial charge in [0.15, 0.2) is 0 Å². The number of nitrogens with zero attached hydrogens (tertiary/aromatic N) is 1. The molecule has 1 aliphatic heterocycles. The first-order valence-electron chi connectivity index (χ1n) is 10.5. The van der Waals surface area contributed by atoms with Crippen molar-refractivity contribution in [1.82, 2.24) is 10.2 Å². The van der Waals surface area contributed by atoms with Gasteiger partial charge in [-0.2, -0.15) is 0 Å². The van der Waals surface area contributed by atoms with E-state index < -0.39 is 0 Å². The zero-order valence-corrected chi connectivity index (χ0v) is 17.2. The minimum atomic E-state index is -0.239. The van der Waals surface area contributed by atoms with Gasteiger partial charge in [-0.25, -0.2) is 4.79 Å². The molecule has 0 atom stereocenters. The summed E-state index contributed by atoms with van der Waals surface area (Å²) >= 11 is 0. The maximum Gasteiger partial charge on any atom is 0.407 e. The standard InChI is InChI=1S/C20H40N2O2.ClH/c1-2-3-4-5-6-10-15-21-20(23)24-19-14-8-7-11-16-22-17-12-9-13-18-22;/h2-19H2,1H3,(H,21,23);1H. The van der Waals surface area contributed by atoms with Crippen LogP contribution in [-0.4, -0.2) is 43.8 Å². The van der Waals surface area contributed by atoms with Crippen LogP contribution in [0.15, 0.2) is 0 Å². The minimum Gasteiger partial charge on any atom is -0.450 e. The Balaban J connectivity index is 0.00000576. The number of hydrogen-bond donors (Lipinski definition) is 1. The lowest BCUT2D eigenvalue weighted by Gasteiger charge is -2.26. The van der Waals surface area contributed by atoms with Crippen LogP contribution in [0.1, 0.15) is 90.4 Å². The second-order valence-electron chi connectivity index (χ2n) is 7.15. The van der Waals surface area contributed by atoms with Crippen LogP contribution in [0.4, 0.5) is 4.79 Å². The van der Waals surface area contributed by atoms with Crippen molar-refractivity contribution in [3.8, 4) is 0 Å². The number of amides is 1. The van der Waals surface area contributed by atoms with Crippen LogP contribution in [0, 0.1) is 0 Å². The van der Waals surface area contributed by atoms with Gasteiger partial charge in [0.05, 0.1) is 6.61 Å². The SMILES string of the molecule is CCCCCCCCNC(=O)OCCCCCCN1CCCCC1.Cl. The van der Waals surface area contributed by atoms with E-state index in [-0.39, 0.29) is 18.5 Å². The molecule has 1 heterocycles. The van der Waals surface area contributed by atoms with Gasteiger partial charge in [-0.15, -0.1) is 12.4 Å². The second kappa shape index (κ2) is 18.3. The summed E-state index contributed by atoms with van der Waals surface area (Å²) in [5, 5.41) is 2.85. The number of carbonyl (C=O) groups is 1. The third kappa shape index (κ3) is 15.5. The van der Waals surface area contributed by atoms with Crippen molar-refractivity contribution in [2.45, 2.75) is 90.4 Å². The number of rotatable bonds is 14. The molecule has 1 aliphatic rings. The van der Waals surface area contributed by atoms with Crippen molar-refractivity contribution in [2.75, 3.05) is 32.8 Å². The Morgan fingerprint density at radius 3 is 2.28 bits per heavy atom. The molecule has 1 amide bonds. The van der Waals surface area contributed by atoms with Crippen LogP contribution in [-0.2, 0) is 4.74 Å². The van der Waals surface area contributed by atoms with Gasteiger partial charge >= 0.3 is 6.09 Å². The van der Waals surface area contributed by atoms with E-state index in [0.29, 0.717) is 6.61 Å². The predicted molar refractivity (Wildman–Crippen MR) is 109 cm³/mol. The van der Waals surface area contributed by atoms with E-state index in [2.05, 4.69) is 17.1 Å². The number of ether oxygens (including phenoxy) is 1. The summed E-state index contributed by atoms with van der Waals surface area (Å²) in [7, 11) is 0. The van der Waals surface area contributed by atoms with Crippen LogP contribution in [0.2, 0.25) is 0 Å². The fraction of sp³-hybridized carbons (Fsp3) is 0.950. The van der Waals surface area contributed by atoms with Crippen molar-refractivity contribution in [2.24, 2.45) is 0 Å². The van der Waals surface area contributed by atoms with Gasteiger partial charge in [0.1, 0.15) is 0 Å². The van der Waals surface area contributed by atoms with Crippen molar-refractivity contribution < 1.29 is 9.53 Å². The molecule has 0 radical (unpaired) electrons. The molecule has 0 aliphatic carbocycles. The van der Waals surface area contributed by atoms with E-state index >= 15 is 0 Å². The highest BCUT2D eigenvalue weighted by atomic mass is 35.5. The minimum absolute atomic E-state index is 0. The molecule has 0 bridgehead atoms. The Kier molecular flexibility index (Phi) is 18.0. The smallest absolute Gasteiger partial charge is 0.407 e. The molecule has 0 aromatic rings. The molecule has 4 nitrogen and oxygen atoms in total. The Morgan fingerprint density at radius 1 is 0.880 bits per heavy atom. The van der Waals surface area contributed by atoms with E-state index in [4.69, 9.17) is 4.74 Å². The Hall–Kier alpha value is -0.480. The van der Waals surface area contributed by atoms with Crippen molar-refractivity contribution >= 4 is 18.5 Å². The Labute approximate surface area is 161 Å². The summed E-state index contributed by atoms with van der Waals surface area (Å²) in [5.74, 6) is 0. The first kappa shape index (κ1) is 24.5. The fourth-order valence-electron chi connectivity index (χ4n) is 3.29. The highest BCUT2D eigenvalue weighted by molar-refractivity contribution is 5.85. The maximum absolute atomic E-state index is 11.5. The zero-order chi connectivity index (χ0) is 17.3. The first-order valence-corrected chi connectivity index (χ1v) is 10.5. The van der Waals surface area contributed by atoms with E-state index in [9.17, 15) is 4.79 Å². The third-order valence-electron chi connectivity index (χ3n) is 4.85. The third-order valence-corrected chi connectivity index (χ3v) is 4.85. The van der Waals surface area contributed by atoms with Gasteiger partial charge in [-0.05, 0) is 51.7 Å². The van der Waals surface area contributed by atoms with Crippen molar-refractivity contribution in [3.63, 3.8) is 0 Å². The van der Waals surface area contributed by atoms with Crippen LogP contribution in [0.5, 0.6) is 0 Å². The first-order chi connectivity index (χ1) is 11.8. The number of halogens is 1. The number of carbonyl (C=O) groups excluding carboxylic acids is 1. The van der Waals surface area contributed by atoms with Gasteiger partial charge < -0.3 is 15.0 Å². The molecule has 0 spiro atoms. The van der Waals surface area contributed by atoms with Gasteiger partial charge in [0, 0.05) is 6.54 Å². The molecule has 0 aromatic heterocycles. The summed E-state index contributed by atoms with van der Waals surface area (Å²) in [6.45, 7) is 7.38. The van der Waals surface area contributed by atoms with E-state index in [1.165, 1.54) is 90.3 Å². The molecule has 0 saturated carbocycles. The summed E-state index contributed by atoms with van der Waals surface area (Å²) < 4.78 is 5.22. The molecule has 1 fully saturated rings. The van der Waals surface area contributed by atoms with Gasteiger partial charge in [0.25, 0.3) is 0 Å². The number of likely N-dealkylation sites (tertiary alicyclic amines) is 1. The van der Waals surface area contributed by atoms with Crippen LogP contribution < -0.4 is 5.32 Å². The molecule has 150 valence electrons. The average Bonchev–Trinajstić information content (AvgIpc) is 2.61. The lowest BCUT2D eigenvalue weighted by atomic mass is 10.1. The molecule has 25 heavy (non-hydrogen) atoms. The quantitative estimate of drug-likeness (QED) is 0.404. The van der Waals surface area contributed by atoms with E-state index in [1.54, 1.807) is 0 Å². The predicted octanol–water partition coefficient (Wildman–Crippen LogP) is 5.54. The van der Waals surface area contributed by atoms with Crippen LogP contribution in [0.25, 0.3) is 0 Å². The number of alkyl carbamates (subject to hydrolysis) is 1. The maximum atomic E-state index is 11.5. The van der Waals surface area contributed by atoms with Gasteiger partial charge in [0.2, 0.25) is 0 Å². The van der Waals surface area contributed by atoms with E-state index in [1.807, 2.05) is 0 Å². The molecule has 1 saturated heterocycles. The average molecular weight is 377 g/mol. The number of hydrogen-bond acceptors (Lipinski definition) is 3. The fourth-order valence-corrected chi connectivity index (χ4v) is 3.29. The van der Waals surface area contributed by atoms with E-state index in [0.717, 1.165) is 19.4 Å². The summed E-state index contributed by atoms with van der Waals surface area (Å²) in [6, 6.07) is 0. The monoisotopic (exact) mass is 376 g/mol. The van der Waals surface area contributed by atoms with Crippen molar-refractivity contribution in [1.29, 1.82) is 0 Å². The highest BCUT2D eigenvalue weighted by Crippen LogP contribution is 2.10. The molecular formula is C20H41ClN2O2. The lowest BCUT2D eigenvalue weighted by molar-refractivity contribution is 0.143. The second-order valence-corrected chi connectivity index (χ2v) is 7.15. The molecule has 1 rings (SSSR count). The summed E-state index contributed by atoms with van der Waals surface area (Å²) in [6.07, 6.45) is 16.1.